The smallest absolute Gasteiger partial charge is 0.156 e. The van der Waals surface area contributed by atoms with Gasteiger partial charge in [-0.3, -0.25) is 0 Å². The zero-order valence-corrected chi connectivity index (χ0v) is 10.1. The van der Waals surface area contributed by atoms with Gasteiger partial charge in [0.2, 0.25) is 0 Å². The number of sulfone groups is 1. The Morgan fingerprint density at radius 2 is 1.69 bits per heavy atom. The van der Waals surface area contributed by atoms with Crippen molar-refractivity contribution in [2.24, 2.45) is 5.92 Å². The maximum atomic E-state index is 12.1. The van der Waals surface area contributed by atoms with Crippen LogP contribution in [0.4, 0.5) is 0 Å². The lowest BCUT2D eigenvalue weighted by Crippen LogP contribution is -2.59. The Morgan fingerprint density at radius 3 is 2.12 bits per heavy atom. The molecule has 0 aromatic carbocycles. The molecule has 0 aromatic heterocycles. The van der Waals surface area contributed by atoms with E-state index in [1.807, 2.05) is 0 Å². The fourth-order valence-corrected chi connectivity index (χ4v) is 5.94. The lowest BCUT2D eigenvalue weighted by atomic mass is 9.76. The van der Waals surface area contributed by atoms with E-state index < -0.39 is 15.4 Å². The topological polar surface area (TPSA) is 63.6 Å². The summed E-state index contributed by atoms with van der Waals surface area (Å²) in [6.45, 7) is 1.19. The molecular formula is C11H18O4S. The van der Waals surface area contributed by atoms with Crippen LogP contribution in [0.2, 0.25) is 0 Å². The van der Waals surface area contributed by atoms with E-state index in [0.29, 0.717) is 26.1 Å². The minimum Gasteiger partial charge on any atom is -0.389 e. The van der Waals surface area contributed by atoms with E-state index in [-0.39, 0.29) is 16.4 Å². The van der Waals surface area contributed by atoms with Crippen molar-refractivity contribution in [2.45, 2.75) is 48.2 Å². The Hall–Kier alpha value is -0.130. The quantitative estimate of drug-likeness (QED) is 0.731. The van der Waals surface area contributed by atoms with Crippen molar-refractivity contribution in [1.29, 1.82) is 0 Å². The van der Waals surface area contributed by atoms with E-state index in [1.165, 1.54) is 0 Å². The van der Waals surface area contributed by atoms with E-state index in [0.717, 1.165) is 19.3 Å². The highest BCUT2D eigenvalue weighted by Crippen LogP contribution is 2.45. The highest BCUT2D eigenvalue weighted by Gasteiger charge is 2.54. The molecule has 16 heavy (non-hydrogen) atoms. The predicted octanol–water partition coefficient (Wildman–Crippen LogP) is 0.494. The molecule has 0 aromatic rings. The summed E-state index contributed by atoms with van der Waals surface area (Å²) in [5.41, 5.74) is -0.778. The monoisotopic (exact) mass is 246 g/mol. The number of aliphatic hydroxyl groups is 1. The van der Waals surface area contributed by atoms with Gasteiger partial charge in [-0.25, -0.2) is 8.42 Å². The fraction of sp³-hybridized carbons (Fsp3) is 1.00. The number of ether oxygens (including phenoxy) is 1. The van der Waals surface area contributed by atoms with E-state index >= 15 is 0 Å². The van der Waals surface area contributed by atoms with Crippen LogP contribution in [0, 0.1) is 5.92 Å². The molecule has 3 aliphatic rings. The first-order valence-electron chi connectivity index (χ1n) is 6.05. The molecule has 4 nitrogen and oxygen atoms in total. The first kappa shape index (κ1) is 11.0. The predicted molar refractivity (Wildman–Crippen MR) is 58.8 cm³/mol. The van der Waals surface area contributed by atoms with Crippen molar-refractivity contribution in [3.63, 3.8) is 0 Å². The normalized spacial score (nSPS) is 47.3. The molecule has 1 N–H and O–H groups in total. The molecule has 3 fully saturated rings. The summed E-state index contributed by atoms with van der Waals surface area (Å²) in [5.74, 6) is 0.158. The minimum absolute atomic E-state index is 0.158. The van der Waals surface area contributed by atoms with Crippen molar-refractivity contribution in [2.75, 3.05) is 13.2 Å². The Balaban J connectivity index is 1.88. The minimum atomic E-state index is -2.96. The highest BCUT2D eigenvalue weighted by molar-refractivity contribution is 7.92. The van der Waals surface area contributed by atoms with Crippen molar-refractivity contribution >= 4 is 9.84 Å². The second kappa shape index (κ2) is 3.43. The molecular weight excluding hydrogens is 228 g/mol. The van der Waals surface area contributed by atoms with Crippen molar-refractivity contribution in [3.8, 4) is 0 Å². The van der Waals surface area contributed by atoms with Crippen LogP contribution in [0.5, 0.6) is 0 Å². The van der Waals surface area contributed by atoms with Gasteiger partial charge in [0.05, 0.1) is 29.3 Å². The standard InChI is InChI=1S/C11H18O4S/c12-11(8-6-15-7-8)4-9-2-1-3-10(5-11)16(9,13)14/h8-10,12H,1-7H2. The maximum Gasteiger partial charge on any atom is 0.156 e. The highest BCUT2D eigenvalue weighted by atomic mass is 32.2. The molecule has 0 radical (unpaired) electrons. The first-order chi connectivity index (χ1) is 7.52. The second-order valence-electron chi connectivity index (χ2n) is 5.51. The summed E-state index contributed by atoms with van der Waals surface area (Å²) in [5, 5.41) is 9.98. The second-order valence-corrected chi connectivity index (χ2v) is 8.02. The van der Waals surface area contributed by atoms with Crippen LogP contribution in [-0.2, 0) is 14.6 Å². The van der Waals surface area contributed by atoms with Crippen LogP contribution >= 0.6 is 0 Å². The van der Waals surface area contributed by atoms with Gasteiger partial charge in [-0.05, 0) is 25.7 Å². The van der Waals surface area contributed by atoms with E-state index in [9.17, 15) is 13.5 Å². The van der Waals surface area contributed by atoms with Crippen LogP contribution in [0.25, 0.3) is 0 Å². The summed E-state index contributed by atoms with van der Waals surface area (Å²) in [7, 11) is -2.96. The summed E-state index contributed by atoms with van der Waals surface area (Å²) < 4.78 is 29.3. The molecule has 3 saturated heterocycles. The van der Waals surface area contributed by atoms with Gasteiger partial charge >= 0.3 is 0 Å². The van der Waals surface area contributed by atoms with Gasteiger partial charge in [-0.15, -0.1) is 0 Å². The van der Waals surface area contributed by atoms with Crippen LogP contribution in [0.1, 0.15) is 32.1 Å². The molecule has 92 valence electrons. The van der Waals surface area contributed by atoms with Crippen molar-refractivity contribution in [1.82, 2.24) is 0 Å². The zero-order valence-electron chi connectivity index (χ0n) is 9.26. The third-order valence-electron chi connectivity index (χ3n) is 4.54. The number of hydrogen-bond donors (Lipinski definition) is 1. The molecule has 0 aliphatic carbocycles. The van der Waals surface area contributed by atoms with Gasteiger partial charge in [0.15, 0.2) is 9.84 Å². The maximum absolute atomic E-state index is 12.1. The fourth-order valence-electron chi connectivity index (χ4n) is 3.36. The summed E-state index contributed by atoms with van der Waals surface area (Å²) in [4.78, 5) is 0. The summed E-state index contributed by atoms with van der Waals surface area (Å²) >= 11 is 0. The number of fused-ring (bicyclic) bond motifs is 2. The van der Waals surface area contributed by atoms with E-state index in [2.05, 4.69) is 0 Å². The molecule has 5 heteroatoms. The largest absolute Gasteiger partial charge is 0.389 e. The Labute approximate surface area is 95.9 Å². The lowest BCUT2D eigenvalue weighted by Gasteiger charge is -2.49. The Kier molecular flexibility index (Phi) is 2.36. The third kappa shape index (κ3) is 1.45. The molecule has 3 rings (SSSR count). The Bertz CT molecular complexity index is 365. The van der Waals surface area contributed by atoms with Crippen molar-refractivity contribution < 1.29 is 18.3 Å². The molecule has 0 spiro atoms. The van der Waals surface area contributed by atoms with Crippen LogP contribution < -0.4 is 0 Å². The van der Waals surface area contributed by atoms with Crippen LogP contribution in [-0.4, -0.2) is 42.8 Å². The van der Waals surface area contributed by atoms with Crippen LogP contribution in [0.15, 0.2) is 0 Å². The molecule has 2 unspecified atom stereocenters. The van der Waals surface area contributed by atoms with Gasteiger partial charge < -0.3 is 9.84 Å². The number of rotatable bonds is 1. The SMILES string of the molecule is O=S1(=O)C2CCCC1CC(O)(C1COC1)C2. The third-order valence-corrected chi connectivity index (χ3v) is 7.20. The summed E-state index contributed by atoms with van der Waals surface area (Å²) in [6, 6.07) is 0. The van der Waals surface area contributed by atoms with E-state index in [4.69, 9.17) is 4.74 Å². The van der Waals surface area contributed by atoms with Gasteiger partial charge in [-0.2, -0.15) is 0 Å². The average molecular weight is 246 g/mol. The van der Waals surface area contributed by atoms with Gasteiger partial charge in [0.1, 0.15) is 0 Å². The zero-order chi connectivity index (χ0) is 11.4. The molecule has 3 aliphatic heterocycles. The lowest BCUT2D eigenvalue weighted by molar-refractivity contribution is -0.156. The molecule has 0 saturated carbocycles. The molecule has 0 amide bonds. The van der Waals surface area contributed by atoms with Gasteiger partial charge in [-0.1, -0.05) is 6.42 Å². The number of hydrogen-bond acceptors (Lipinski definition) is 4. The Morgan fingerprint density at radius 1 is 1.12 bits per heavy atom. The van der Waals surface area contributed by atoms with Gasteiger partial charge in [0, 0.05) is 5.92 Å². The summed E-state index contributed by atoms with van der Waals surface area (Å²) in [6.07, 6.45) is 3.31. The molecule has 3 heterocycles. The molecule has 2 atom stereocenters. The van der Waals surface area contributed by atoms with Gasteiger partial charge in [0.25, 0.3) is 0 Å². The average Bonchev–Trinajstić information content (AvgIpc) is 2.04. The van der Waals surface area contributed by atoms with E-state index in [1.54, 1.807) is 0 Å². The van der Waals surface area contributed by atoms with Crippen LogP contribution in [0.3, 0.4) is 0 Å². The first-order valence-corrected chi connectivity index (χ1v) is 7.66. The molecule has 2 bridgehead atoms. The van der Waals surface area contributed by atoms with Crippen molar-refractivity contribution in [3.05, 3.63) is 0 Å².